The van der Waals surface area contributed by atoms with Crippen molar-refractivity contribution >= 4 is 11.4 Å². The molecular weight excluding hydrogens is 305 g/mol. The molecule has 5 nitrogen and oxygen atoms in total. The minimum atomic E-state index is -0.129. The average Bonchev–Trinajstić information content (AvgIpc) is 2.87. The fraction of sp³-hybridized carbons (Fsp3) is 0.500. The Morgan fingerprint density at radius 1 is 1.33 bits per heavy atom. The van der Waals surface area contributed by atoms with E-state index in [4.69, 9.17) is 5.73 Å². The molecule has 2 aromatic rings. The van der Waals surface area contributed by atoms with Crippen molar-refractivity contribution in [1.29, 1.82) is 0 Å². The SMILES string of the molecule is Cc1cccc(F)c1N1CCC(NC(C)c2nn(C)cc2N)CC1. The van der Waals surface area contributed by atoms with E-state index in [2.05, 4.69) is 22.2 Å². The van der Waals surface area contributed by atoms with Gasteiger partial charge in [0.05, 0.1) is 17.4 Å². The molecule has 0 radical (unpaired) electrons. The van der Waals surface area contributed by atoms with E-state index in [0.29, 0.717) is 6.04 Å². The summed E-state index contributed by atoms with van der Waals surface area (Å²) >= 11 is 0. The molecule has 1 aliphatic heterocycles. The zero-order valence-electron chi connectivity index (χ0n) is 14.6. The van der Waals surface area contributed by atoms with Crippen molar-refractivity contribution in [2.45, 2.75) is 38.8 Å². The Hall–Kier alpha value is -2.08. The number of aryl methyl sites for hydroxylation is 2. The summed E-state index contributed by atoms with van der Waals surface area (Å²) in [5.74, 6) is -0.129. The standard InChI is InChI=1S/C18H26FN5/c1-12-5-4-6-15(19)18(12)24-9-7-14(8-10-24)21-13(2)17-16(20)11-23(3)22-17/h4-6,11,13-14,21H,7-10,20H2,1-3H3. The largest absolute Gasteiger partial charge is 0.396 e. The van der Waals surface area contributed by atoms with Gasteiger partial charge in [0, 0.05) is 32.4 Å². The van der Waals surface area contributed by atoms with Crippen LogP contribution in [0.5, 0.6) is 0 Å². The molecule has 1 unspecified atom stereocenters. The molecule has 1 saturated heterocycles. The molecule has 0 spiro atoms. The van der Waals surface area contributed by atoms with E-state index in [-0.39, 0.29) is 11.9 Å². The van der Waals surface area contributed by atoms with Crippen LogP contribution in [0.25, 0.3) is 0 Å². The first-order chi connectivity index (χ1) is 11.5. The molecule has 0 saturated carbocycles. The molecule has 1 fully saturated rings. The number of nitrogen functional groups attached to an aromatic ring is 1. The second-order valence-electron chi connectivity index (χ2n) is 6.70. The van der Waals surface area contributed by atoms with Crippen LogP contribution in [0.2, 0.25) is 0 Å². The predicted octanol–water partition coefficient (Wildman–Crippen LogP) is 2.77. The lowest BCUT2D eigenvalue weighted by molar-refractivity contribution is 0.375. The highest BCUT2D eigenvalue weighted by Gasteiger charge is 2.24. The number of hydrogen-bond donors (Lipinski definition) is 2. The Morgan fingerprint density at radius 3 is 2.62 bits per heavy atom. The van der Waals surface area contributed by atoms with Crippen LogP contribution in [0, 0.1) is 12.7 Å². The Morgan fingerprint density at radius 2 is 2.04 bits per heavy atom. The Bertz CT molecular complexity index is 683. The molecule has 0 amide bonds. The van der Waals surface area contributed by atoms with E-state index in [1.165, 1.54) is 0 Å². The zero-order valence-corrected chi connectivity index (χ0v) is 14.6. The molecule has 1 aromatic carbocycles. The van der Waals surface area contributed by atoms with Crippen LogP contribution >= 0.6 is 0 Å². The summed E-state index contributed by atoms with van der Waals surface area (Å²) in [5.41, 5.74) is 9.36. The summed E-state index contributed by atoms with van der Waals surface area (Å²) in [5, 5.41) is 8.04. The van der Waals surface area contributed by atoms with E-state index in [0.717, 1.165) is 48.6 Å². The minimum absolute atomic E-state index is 0.109. The Balaban J connectivity index is 1.60. The van der Waals surface area contributed by atoms with Gasteiger partial charge in [0.2, 0.25) is 0 Å². The molecule has 24 heavy (non-hydrogen) atoms. The number of halogens is 1. The second kappa shape index (κ2) is 6.81. The molecule has 3 rings (SSSR count). The maximum Gasteiger partial charge on any atom is 0.146 e. The number of nitrogens with one attached hydrogen (secondary N) is 1. The number of nitrogens with zero attached hydrogens (tertiary/aromatic N) is 3. The van der Waals surface area contributed by atoms with Crippen LogP contribution < -0.4 is 16.0 Å². The van der Waals surface area contributed by atoms with Crippen LogP contribution in [0.3, 0.4) is 0 Å². The van der Waals surface area contributed by atoms with Crippen LogP contribution in [0.1, 0.15) is 37.1 Å². The van der Waals surface area contributed by atoms with Crippen molar-refractivity contribution in [2.75, 3.05) is 23.7 Å². The highest BCUT2D eigenvalue weighted by Crippen LogP contribution is 2.28. The van der Waals surface area contributed by atoms with Crippen molar-refractivity contribution in [3.8, 4) is 0 Å². The number of benzene rings is 1. The molecule has 0 bridgehead atoms. The van der Waals surface area contributed by atoms with Gasteiger partial charge in [-0.1, -0.05) is 12.1 Å². The molecule has 1 atom stereocenters. The van der Waals surface area contributed by atoms with Gasteiger partial charge in [0.15, 0.2) is 0 Å². The van der Waals surface area contributed by atoms with Gasteiger partial charge in [-0.15, -0.1) is 0 Å². The zero-order chi connectivity index (χ0) is 17.3. The first kappa shape index (κ1) is 16.8. The fourth-order valence-corrected chi connectivity index (χ4v) is 3.59. The lowest BCUT2D eigenvalue weighted by Crippen LogP contribution is -2.44. The van der Waals surface area contributed by atoms with Gasteiger partial charge in [-0.2, -0.15) is 5.10 Å². The maximum atomic E-state index is 14.1. The molecule has 130 valence electrons. The van der Waals surface area contributed by atoms with Gasteiger partial charge >= 0.3 is 0 Å². The highest BCUT2D eigenvalue weighted by molar-refractivity contribution is 5.54. The van der Waals surface area contributed by atoms with Crippen LogP contribution in [0.4, 0.5) is 15.8 Å². The van der Waals surface area contributed by atoms with Gasteiger partial charge in [0.25, 0.3) is 0 Å². The lowest BCUT2D eigenvalue weighted by Gasteiger charge is -2.36. The summed E-state index contributed by atoms with van der Waals surface area (Å²) in [6, 6.07) is 5.77. The number of para-hydroxylation sites is 1. The number of piperidine rings is 1. The molecule has 2 heterocycles. The van der Waals surface area contributed by atoms with E-state index >= 15 is 0 Å². The third-order valence-electron chi connectivity index (χ3n) is 4.78. The normalized spacial score (nSPS) is 17.2. The first-order valence-electron chi connectivity index (χ1n) is 8.51. The number of rotatable bonds is 4. The summed E-state index contributed by atoms with van der Waals surface area (Å²) < 4.78 is 15.9. The van der Waals surface area contributed by atoms with Crippen LogP contribution in [-0.2, 0) is 7.05 Å². The van der Waals surface area contributed by atoms with Gasteiger partial charge in [-0.3, -0.25) is 4.68 Å². The van der Waals surface area contributed by atoms with E-state index in [9.17, 15) is 4.39 Å². The quantitative estimate of drug-likeness (QED) is 0.904. The number of hydrogen-bond acceptors (Lipinski definition) is 4. The van der Waals surface area contributed by atoms with Crippen molar-refractivity contribution in [3.63, 3.8) is 0 Å². The fourth-order valence-electron chi connectivity index (χ4n) is 3.59. The molecular formula is C18H26FN5. The van der Waals surface area contributed by atoms with Crippen molar-refractivity contribution < 1.29 is 4.39 Å². The monoisotopic (exact) mass is 331 g/mol. The average molecular weight is 331 g/mol. The second-order valence-corrected chi connectivity index (χ2v) is 6.70. The number of anilines is 2. The molecule has 0 aliphatic carbocycles. The molecule has 6 heteroatoms. The van der Waals surface area contributed by atoms with Gasteiger partial charge in [-0.25, -0.2) is 4.39 Å². The third-order valence-corrected chi connectivity index (χ3v) is 4.78. The molecule has 1 aliphatic rings. The summed E-state index contributed by atoms with van der Waals surface area (Å²) in [4.78, 5) is 2.16. The Kier molecular flexibility index (Phi) is 4.76. The summed E-state index contributed by atoms with van der Waals surface area (Å²) in [6.45, 7) is 5.76. The smallest absolute Gasteiger partial charge is 0.146 e. The third kappa shape index (κ3) is 3.38. The summed E-state index contributed by atoms with van der Waals surface area (Å²) in [6.07, 6.45) is 3.78. The van der Waals surface area contributed by atoms with Crippen LogP contribution in [0.15, 0.2) is 24.4 Å². The van der Waals surface area contributed by atoms with Gasteiger partial charge in [-0.05, 0) is 38.3 Å². The minimum Gasteiger partial charge on any atom is -0.396 e. The van der Waals surface area contributed by atoms with Crippen molar-refractivity contribution in [1.82, 2.24) is 15.1 Å². The first-order valence-corrected chi connectivity index (χ1v) is 8.51. The number of aromatic nitrogens is 2. The predicted molar refractivity (Wildman–Crippen MR) is 95.5 cm³/mol. The van der Waals surface area contributed by atoms with Gasteiger partial charge in [0.1, 0.15) is 11.5 Å². The maximum absolute atomic E-state index is 14.1. The Labute approximate surface area is 142 Å². The van der Waals surface area contributed by atoms with E-state index in [1.54, 1.807) is 16.8 Å². The van der Waals surface area contributed by atoms with E-state index in [1.807, 2.05) is 26.2 Å². The highest BCUT2D eigenvalue weighted by atomic mass is 19.1. The molecule has 1 aromatic heterocycles. The number of nitrogens with two attached hydrogens (primary N) is 1. The van der Waals surface area contributed by atoms with E-state index < -0.39 is 0 Å². The van der Waals surface area contributed by atoms with Crippen molar-refractivity contribution in [3.05, 3.63) is 41.5 Å². The van der Waals surface area contributed by atoms with Crippen LogP contribution in [-0.4, -0.2) is 28.9 Å². The topological polar surface area (TPSA) is 59.1 Å². The van der Waals surface area contributed by atoms with Gasteiger partial charge < -0.3 is 16.0 Å². The van der Waals surface area contributed by atoms with Crippen molar-refractivity contribution in [2.24, 2.45) is 7.05 Å². The molecule has 3 N–H and O–H groups in total. The summed E-state index contributed by atoms with van der Waals surface area (Å²) in [7, 11) is 1.88. The lowest BCUT2D eigenvalue weighted by atomic mass is 10.0.